The molecule has 0 atom stereocenters. The number of aromatic nitrogens is 5. The topological polar surface area (TPSA) is 66.2 Å². The van der Waals surface area contributed by atoms with Crippen molar-refractivity contribution in [2.75, 3.05) is 0 Å². The van der Waals surface area contributed by atoms with Crippen LogP contribution in [-0.4, -0.2) is 23.1 Å². The highest BCUT2D eigenvalue weighted by atomic mass is 35.5. The quantitative estimate of drug-likeness (QED) is 0.458. The monoisotopic (exact) mass is 401 g/mol. The van der Waals surface area contributed by atoms with Crippen molar-refractivity contribution in [1.82, 2.24) is 23.1 Å². The molecule has 0 fully saturated rings. The molecule has 27 heavy (non-hydrogen) atoms. The highest BCUT2D eigenvalue weighted by Gasteiger charge is 2.16. The van der Waals surface area contributed by atoms with Crippen LogP contribution >= 0.6 is 23.2 Å². The fourth-order valence-electron chi connectivity index (χ4n) is 2.88. The molecular formula is C18H13Cl2N5O2. The van der Waals surface area contributed by atoms with Gasteiger partial charge in [-0.3, -0.25) is 18.3 Å². The smallest absolute Gasteiger partial charge is 0.305 e. The van der Waals surface area contributed by atoms with Crippen LogP contribution in [-0.2, 0) is 20.6 Å². The van der Waals surface area contributed by atoms with Gasteiger partial charge >= 0.3 is 5.69 Å². The molecule has 0 radical (unpaired) electrons. The molecule has 3 aromatic heterocycles. The second-order valence-corrected chi connectivity index (χ2v) is 6.83. The first-order chi connectivity index (χ1) is 12.9. The van der Waals surface area contributed by atoms with Crippen LogP contribution in [0, 0.1) is 11.8 Å². The molecule has 3 heterocycles. The van der Waals surface area contributed by atoms with Crippen LogP contribution in [0.25, 0.3) is 16.9 Å². The highest BCUT2D eigenvalue weighted by molar-refractivity contribution is 6.42. The molecule has 0 aliphatic rings. The van der Waals surface area contributed by atoms with E-state index in [2.05, 4.69) is 16.8 Å². The largest absolute Gasteiger partial charge is 0.332 e. The fourth-order valence-corrected chi connectivity index (χ4v) is 3.18. The predicted octanol–water partition coefficient (Wildman–Crippen LogP) is 2.04. The maximum atomic E-state index is 12.5. The number of halogens is 2. The Labute approximate surface area is 163 Å². The van der Waals surface area contributed by atoms with Gasteiger partial charge in [0.2, 0.25) is 5.78 Å². The van der Waals surface area contributed by atoms with E-state index in [1.54, 1.807) is 46.6 Å². The van der Waals surface area contributed by atoms with Gasteiger partial charge in [-0.1, -0.05) is 35.0 Å². The van der Waals surface area contributed by atoms with Crippen LogP contribution in [0.15, 0.2) is 40.2 Å². The summed E-state index contributed by atoms with van der Waals surface area (Å²) in [4.78, 5) is 29.0. The first kappa shape index (κ1) is 17.5. The van der Waals surface area contributed by atoms with E-state index in [0.29, 0.717) is 33.5 Å². The fraction of sp³-hybridized carbons (Fsp3) is 0.167. The average Bonchev–Trinajstić information content (AvgIpc) is 3.21. The van der Waals surface area contributed by atoms with Crippen molar-refractivity contribution in [2.24, 2.45) is 14.1 Å². The zero-order valence-corrected chi connectivity index (χ0v) is 15.9. The van der Waals surface area contributed by atoms with Crippen LogP contribution in [0.5, 0.6) is 0 Å². The lowest BCUT2D eigenvalue weighted by atomic mass is 10.2. The summed E-state index contributed by atoms with van der Waals surface area (Å²) in [6.07, 6.45) is 3.52. The minimum Gasteiger partial charge on any atom is -0.305 e. The Kier molecular flexibility index (Phi) is 4.10. The Bertz CT molecular complexity index is 1400. The molecule has 0 saturated carbocycles. The normalized spacial score (nSPS) is 11.1. The van der Waals surface area contributed by atoms with Gasteiger partial charge in [0.1, 0.15) is 0 Å². The van der Waals surface area contributed by atoms with E-state index in [4.69, 9.17) is 23.2 Å². The first-order valence-electron chi connectivity index (χ1n) is 7.95. The van der Waals surface area contributed by atoms with Crippen LogP contribution in [0.2, 0.25) is 10.0 Å². The number of imidazole rings is 2. The molecule has 0 aliphatic carbocycles. The Hall–Kier alpha value is -2.95. The van der Waals surface area contributed by atoms with E-state index in [0.717, 1.165) is 10.1 Å². The summed E-state index contributed by atoms with van der Waals surface area (Å²) in [5.74, 6) is 6.60. The zero-order valence-electron chi connectivity index (χ0n) is 14.4. The summed E-state index contributed by atoms with van der Waals surface area (Å²) in [6.45, 7) is 0.355. The van der Waals surface area contributed by atoms with E-state index < -0.39 is 5.69 Å². The van der Waals surface area contributed by atoms with Crippen molar-refractivity contribution in [1.29, 1.82) is 0 Å². The summed E-state index contributed by atoms with van der Waals surface area (Å²) >= 11 is 11.9. The second-order valence-electron chi connectivity index (χ2n) is 6.02. The van der Waals surface area contributed by atoms with Gasteiger partial charge < -0.3 is 4.57 Å². The minimum absolute atomic E-state index is 0.338. The highest BCUT2D eigenvalue weighted by Crippen LogP contribution is 2.22. The average molecular weight is 402 g/mol. The number of rotatable bonds is 1. The molecule has 1 aromatic carbocycles. The number of hydrogen-bond donors (Lipinski definition) is 0. The predicted molar refractivity (Wildman–Crippen MR) is 105 cm³/mol. The first-order valence-corrected chi connectivity index (χ1v) is 8.71. The van der Waals surface area contributed by atoms with Crippen molar-refractivity contribution < 1.29 is 0 Å². The summed E-state index contributed by atoms with van der Waals surface area (Å²) in [5.41, 5.74) is 0.632. The molecule has 9 heteroatoms. The van der Waals surface area contributed by atoms with Crippen molar-refractivity contribution >= 4 is 40.1 Å². The molecule has 4 rings (SSSR count). The van der Waals surface area contributed by atoms with Gasteiger partial charge in [0, 0.05) is 32.1 Å². The summed E-state index contributed by atoms with van der Waals surface area (Å²) in [5, 5.41) is 0.925. The van der Waals surface area contributed by atoms with Crippen molar-refractivity contribution in [3.8, 4) is 11.8 Å². The third-order valence-electron chi connectivity index (χ3n) is 4.33. The number of fused-ring (bicyclic) bond motifs is 3. The van der Waals surface area contributed by atoms with Gasteiger partial charge in [0.05, 0.1) is 16.6 Å². The Balaban J connectivity index is 1.78. The lowest BCUT2D eigenvalue weighted by molar-refractivity contribution is 0.707. The number of nitrogens with zero attached hydrogens (tertiary/aromatic N) is 5. The standard InChI is InChI=1S/C18H13Cl2N5O2/c1-22-15-14(16(26)23(2)18(22)27)25-9-8-24(17(25)21-15)7-3-4-11-5-6-12(19)13(20)10-11/h5-6,8-10H,7H2,1-2H3. The van der Waals surface area contributed by atoms with Crippen LogP contribution in [0.3, 0.4) is 0 Å². The molecule has 0 aliphatic heterocycles. The molecule has 0 bridgehead atoms. The second kappa shape index (κ2) is 6.34. The van der Waals surface area contributed by atoms with Crippen LogP contribution < -0.4 is 11.2 Å². The molecule has 4 aromatic rings. The molecule has 7 nitrogen and oxygen atoms in total. The van der Waals surface area contributed by atoms with Gasteiger partial charge in [-0.05, 0) is 18.2 Å². The lowest BCUT2D eigenvalue weighted by Crippen LogP contribution is -2.37. The minimum atomic E-state index is -0.417. The molecule has 136 valence electrons. The van der Waals surface area contributed by atoms with Crippen LogP contribution in [0.4, 0.5) is 0 Å². The molecule has 0 saturated heterocycles. The van der Waals surface area contributed by atoms with Gasteiger partial charge in [-0.15, -0.1) is 0 Å². The summed E-state index contributed by atoms with van der Waals surface area (Å²) in [6, 6.07) is 5.18. The van der Waals surface area contributed by atoms with E-state index >= 15 is 0 Å². The van der Waals surface area contributed by atoms with Gasteiger partial charge in [0.25, 0.3) is 5.56 Å². The Morgan fingerprint density at radius 1 is 1.07 bits per heavy atom. The maximum absolute atomic E-state index is 12.5. The third-order valence-corrected chi connectivity index (χ3v) is 5.07. The van der Waals surface area contributed by atoms with Crippen molar-refractivity contribution in [2.45, 2.75) is 6.54 Å². The van der Waals surface area contributed by atoms with Crippen molar-refractivity contribution in [3.63, 3.8) is 0 Å². The van der Waals surface area contributed by atoms with E-state index in [9.17, 15) is 9.59 Å². The third kappa shape index (κ3) is 2.74. The molecule has 0 spiro atoms. The number of hydrogen-bond acceptors (Lipinski definition) is 3. The molecule has 0 unspecified atom stereocenters. The SMILES string of the molecule is Cn1c(=O)c2c(nc3n(CC#Cc4ccc(Cl)c(Cl)c4)ccn23)n(C)c1=O. The number of aryl methyl sites for hydroxylation is 1. The van der Waals surface area contributed by atoms with Crippen molar-refractivity contribution in [3.05, 3.63) is 67.0 Å². The molecule has 0 amide bonds. The van der Waals surface area contributed by atoms with E-state index in [-0.39, 0.29) is 5.56 Å². The van der Waals surface area contributed by atoms with Crippen LogP contribution in [0.1, 0.15) is 5.56 Å². The molecular weight excluding hydrogens is 389 g/mol. The Morgan fingerprint density at radius 2 is 1.85 bits per heavy atom. The lowest BCUT2D eigenvalue weighted by Gasteiger charge is -2.01. The zero-order chi connectivity index (χ0) is 19.3. The summed E-state index contributed by atoms with van der Waals surface area (Å²) in [7, 11) is 3.04. The maximum Gasteiger partial charge on any atom is 0.332 e. The number of benzene rings is 1. The Morgan fingerprint density at radius 3 is 2.59 bits per heavy atom. The van der Waals surface area contributed by atoms with E-state index in [1.165, 1.54) is 11.6 Å². The van der Waals surface area contributed by atoms with E-state index in [1.807, 2.05) is 0 Å². The van der Waals surface area contributed by atoms with Gasteiger partial charge in [-0.25, -0.2) is 4.79 Å². The molecule has 0 N–H and O–H groups in total. The van der Waals surface area contributed by atoms with Gasteiger partial charge in [-0.2, -0.15) is 4.98 Å². The summed E-state index contributed by atoms with van der Waals surface area (Å²) < 4.78 is 5.89. The van der Waals surface area contributed by atoms with Gasteiger partial charge in [0.15, 0.2) is 11.2 Å².